The molecule has 1 saturated heterocycles. The molecule has 1 N–H and O–H groups in total. The molecule has 0 aromatic heterocycles. The summed E-state index contributed by atoms with van der Waals surface area (Å²) in [4.78, 5) is 0. The Kier molecular flexibility index (Phi) is 3.16. The van der Waals surface area contributed by atoms with Gasteiger partial charge in [-0.2, -0.15) is 0 Å². The maximum Gasteiger partial charge on any atom is 0.0187 e. The molecule has 0 aromatic carbocycles. The van der Waals surface area contributed by atoms with Crippen LogP contribution in [0, 0.1) is 11.8 Å². The second-order valence-electron chi connectivity index (χ2n) is 5.91. The van der Waals surface area contributed by atoms with Crippen LogP contribution < -0.4 is 5.32 Å². The van der Waals surface area contributed by atoms with Crippen LogP contribution in [0.25, 0.3) is 0 Å². The average Bonchev–Trinajstić information content (AvgIpc) is 2.45. The summed E-state index contributed by atoms with van der Waals surface area (Å²) in [6.07, 6.45) is 10.2. The summed E-state index contributed by atoms with van der Waals surface area (Å²) in [5, 5.41) is 3.80. The Hall–Kier alpha value is -0.0400. The van der Waals surface area contributed by atoms with Crippen LogP contribution in [0.4, 0.5) is 0 Å². The Labute approximate surface area is 88.7 Å². The van der Waals surface area contributed by atoms with E-state index in [0.717, 1.165) is 11.8 Å². The van der Waals surface area contributed by atoms with Crippen LogP contribution in [0.15, 0.2) is 0 Å². The molecular formula is C13H25N. The van der Waals surface area contributed by atoms with Crippen molar-refractivity contribution in [1.29, 1.82) is 0 Å². The van der Waals surface area contributed by atoms with Crippen molar-refractivity contribution in [1.82, 2.24) is 5.32 Å². The molecule has 1 unspecified atom stereocenters. The molecule has 0 radical (unpaired) electrons. The van der Waals surface area contributed by atoms with Crippen LogP contribution in [0.2, 0.25) is 0 Å². The van der Waals surface area contributed by atoms with E-state index in [4.69, 9.17) is 0 Å². The van der Waals surface area contributed by atoms with E-state index < -0.39 is 0 Å². The Bertz CT molecular complexity index is 176. The van der Waals surface area contributed by atoms with E-state index in [0.29, 0.717) is 5.54 Å². The molecule has 0 aromatic rings. The molecule has 1 heteroatoms. The molecule has 0 bridgehead atoms. The third kappa shape index (κ3) is 2.31. The molecule has 1 aliphatic carbocycles. The van der Waals surface area contributed by atoms with E-state index in [1.165, 1.54) is 51.5 Å². The zero-order valence-corrected chi connectivity index (χ0v) is 9.81. The highest BCUT2D eigenvalue weighted by atomic mass is 15.0. The number of rotatable bonds is 4. The minimum Gasteiger partial charge on any atom is -0.311 e. The van der Waals surface area contributed by atoms with Gasteiger partial charge in [-0.05, 0) is 44.1 Å². The standard InChI is InChI=1S/C13H25N/c1-11(2)9-13(7-4-8-14-13)10-12-5-3-6-12/h11-12,14H,3-10H2,1-2H3. The zero-order valence-electron chi connectivity index (χ0n) is 9.81. The third-order valence-electron chi connectivity index (χ3n) is 4.04. The van der Waals surface area contributed by atoms with Crippen molar-refractivity contribution in [2.24, 2.45) is 11.8 Å². The van der Waals surface area contributed by atoms with Crippen LogP contribution in [-0.2, 0) is 0 Å². The first kappa shape index (κ1) is 10.5. The molecule has 2 aliphatic rings. The summed E-state index contributed by atoms with van der Waals surface area (Å²) in [5.41, 5.74) is 0.541. The van der Waals surface area contributed by atoms with Gasteiger partial charge in [-0.3, -0.25) is 0 Å². The number of hydrogen-bond acceptors (Lipinski definition) is 1. The molecule has 14 heavy (non-hydrogen) atoms. The van der Waals surface area contributed by atoms with Crippen molar-refractivity contribution in [2.45, 2.75) is 64.3 Å². The molecule has 82 valence electrons. The summed E-state index contributed by atoms with van der Waals surface area (Å²) in [6, 6.07) is 0. The molecule has 2 rings (SSSR count). The van der Waals surface area contributed by atoms with Gasteiger partial charge in [0, 0.05) is 5.54 Å². The van der Waals surface area contributed by atoms with Gasteiger partial charge < -0.3 is 5.32 Å². The van der Waals surface area contributed by atoms with Crippen LogP contribution in [0.3, 0.4) is 0 Å². The fraction of sp³-hybridized carbons (Fsp3) is 1.00. The third-order valence-corrected chi connectivity index (χ3v) is 4.04. The first-order valence-corrected chi connectivity index (χ1v) is 6.45. The summed E-state index contributed by atoms with van der Waals surface area (Å²) >= 11 is 0. The van der Waals surface area contributed by atoms with Gasteiger partial charge in [0.1, 0.15) is 0 Å². The highest BCUT2D eigenvalue weighted by molar-refractivity contribution is 4.96. The van der Waals surface area contributed by atoms with E-state index >= 15 is 0 Å². The Balaban J connectivity index is 1.90. The fourth-order valence-electron chi connectivity index (χ4n) is 3.33. The lowest BCUT2D eigenvalue weighted by Crippen LogP contribution is -2.43. The molecule has 1 aliphatic heterocycles. The molecule has 2 fully saturated rings. The smallest absolute Gasteiger partial charge is 0.0187 e. The Morgan fingerprint density at radius 2 is 2.07 bits per heavy atom. The van der Waals surface area contributed by atoms with Gasteiger partial charge in [0.15, 0.2) is 0 Å². The highest BCUT2D eigenvalue weighted by Crippen LogP contribution is 2.39. The van der Waals surface area contributed by atoms with Gasteiger partial charge in [0.25, 0.3) is 0 Å². The summed E-state index contributed by atoms with van der Waals surface area (Å²) in [7, 11) is 0. The van der Waals surface area contributed by atoms with E-state index in [9.17, 15) is 0 Å². The van der Waals surface area contributed by atoms with Crippen molar-refractivity contribution in [3.8, 4) is 0 Å². The molecular weight excluding hydrogens is 170 g/mol. The van der Waals surface area contributed by atoms with Crippen molar-refractivity contribution in [2.75, 3.05) is 6.54 Å². The quantitative estimate of drug-likeness (QED) is 0.725. The summed E-state index contributed by atoms with van der Waals surface area (Å²) in [5.74, 6) is 1.90. The second kappa shape index (κ2) is 4.22. The normalized spacial score (nSPS) is 33.6. The molecule has 1 heterocycles. The lowest BCUT2D eigenvalue weighted by Gasteiger charge is -2.38. The second-order valence-corrected chi connectivity index (χ2v) is 5.91. The fourth-order valence-corrected chi connectivity index (χ4v) is 3.33. The lowest BCUT2D eigenvalue weighted by atomic mass is 9.73. The minimum absolute atomic E-state index is 0.541. The van der Waals surface area contributed by atoms with Crippen molar-refractivity contribution in [3.63, 3.8) is 0 Å². The summed E-state index contributed by atoms with van der Waals surface area (Å²) < 4.78 is 0. The molecule has 1 atom stereocenters. The Morgan fingerprint density at radius 1 is 1.29 bits per heavy atom. The minimum atomic E-state index is 0.541. The van der Waals surface area contributed by atoms with E-state index in [1.54, 1.807) is 0 Å². The predicted octanol–water partition coefficient (Wildman–Crippen LogP) is 3.34. The van der Waals surface area contributed by atoms with E-state index in [-0.39, 0.29) is 0 Å². The predicted molar refractivity (Wildman–Crippen MR) is 61.4 cm³/mol. The van der Waals surface area contributed by atoms with Gasteiger partial charge in [-0.25, -0.2) is 0 Å². The maximum atomic E-state index is 3.80. The number of nitrogens with one attached hydrogen (secondary N) is 1. The van der Waals surface area contributed by atoms with Gasteiger partial charge >= 0.3 is 0 Å². The van der Waals surface area contributed by atoms with Gasteiger partial charge in [-0.1, -0.05) is 33.1 Å². The molecule has 1 saturated carbocycles. The largest absolute Gasteiger partial charge is 0.311 e. The SMILES string of the molecule is CC(C)CC1(CC2CCC2)CCCN1. The topological polar surface area (TPSA) is 12.0 Å². The van der Waals surface area contributed by atoms with Crippen molar-refractivity contribution < 1.29 is 0 Å². The van der Waals surface area contributed by atoms with Crippen LogP contribution in [-0.4, -0.2) is 12.1 Å². The van der Waals surface area contributed by atoms with Gasteiger partial charge in [0.2, 0.25) is 0 Å². The average molecular weight is 195 g/mol. The zero-order chi connectivity index (χ0) is 10.0. The van der Waals surface area contributed by atoms with E-state index in [2.05, 4.69) is 19.2 Å². The monoisotopic (exact) mass is 195 g/mol. The molecule has 0 spiro atoms. The van der Waals surface area contributed by atoms with Crippen LogP contribution in [0.1, 0.15) is 58.8 Å². The van der Waals surface area contributed by atoms with Crippen molar-refractivity contribution >= 4 is 0 Å². The Morgan fingerprint density at radius 3 is 2.50 bits per heavy atom. The van der Waals surface area contributed by atoms with Gasteiger partial charge in [-0.15, -0.1) is 0 Å². The van der Waals surface area contributed by atoms with Crippen molar-refractivity contribution in [3.05, 3.63) is 0 Å². The highest BCUT2D eigenvalue weighted by Gasteiger charge is 2.37. The van der Waals surface area contributed by atoms with Crippen LogP contribution in [0.5, 0.6) is 0 Å². The lowest BCUT2D eigenvalue weighted by molar-refractivity contribution is 0.184. The van der Waals surface area contributed by atoms with Crippen LogP contribution >= 0.6 is 0 Å². The molecule has 1 nitrogen and oxygen atoms in total. The first-order valence-electron chi connectivity index (χ1n) is 6.45. The number of hydrogen-bond donors (Lipinski definition) is 1. The van der Waals surface area contributed by atoms with Gasteiger partial charge in [0.05, 0.1) is 0 Å². The molecule has 0 amide bonds. The van der Waals surface area contributed by atoms with E-state index in [1.807, 2.05) is 0 Å². The first-order chi connectivity index (χ1) is 6.70. The summed E-state index contributed by atoms with van der Waals surface area (Å²) in [6.45, 7) is 5.99. The maximum absolute atomic E-state index is 3.80.